The van der Waals surface area contributed by atoms with E-state index >= 15 is 0 Å². The number of hydrogen-bond donors (Lipinski definition) is 1. The van der Waals surface area contributed by atoms with Crippen LogP contribution in [-0.4, -0.2) is 87.7 Å². The highest BCUT2D eigenvalue weighted by Crippen LogP contribution is 2.33. The van der Waals surface area contributed by atoms with Crippen molar-refractivity contribution >= 4 is 17.9 Å². The Hall–Kier alpha value is -3.60. The van der Waals surface area contributed by atoms with Crippen LogP contribution in [0.1, 0.15) is 80.0 Å². The monoisotopic (exact) mass is 567 g/mol. The van der Waals surface area contributed by atoms with Gasteiger partial charge >= 0.3 is 6.09 Å². The van der Waals surface area contributed by atoms with Crippen LogP contribution >= 0.6 is 0 Å². The van der Waals surface area contributed by atoms with E-state index in [1.165, 1.54) is 24.5 Å². The number of rotatable bonds is 6. The van der Waals surface area contributed by atoms with Crippen LogP contribution in [0.5, 0.6) is 0 Å². The van der Waals surface area contributed by atoms with Gasteiger partial charge in [0.15, 0.2) is 5.82 Å². The molecule has 3 heterocycles. The normalized spacial score (nSPS) is 19.9. The summed E-state index contributed by atoms with van der Waals surface area (Å²) >= 11 is 0. The van der Waals surface area contributed by atoms with Crippen molar-refractivity contribution in [2.45, 2.75) is 83.0 Å². The number of nitrogens with zero attached hydrogens (tertiary/aromatic N) is 4. The van der Waals surface area contributed by atoms with Crippen LogP contribution in [0.25, 0.3) is 11.4 Å². The van der Waals surface area contributed by atoms with Gasteiger partial charge in [0.05, 0.1) is 23.8 Å². The van der Waals surface area contributed by atoms with E-state index in [0.29, 0.717) is 50.3 Å². The number of nitrogens with one attached hydrogen (secondary N) is 1. The second-order valence-corrected chi connectivity index (χ2v) is 12.0. The van der Waals surface area contributed by atoms with Crippen LogP contribution in [0.15, 0.2) is 30.6 Å². The zero-order valence-corrected chi connectivity index (χ0v) is 23.9. The second kappa shape index (κ2) is 12.1. The molecule has 2 saturated heterocycles. The van der Waals surface area contributed by atoms with Crippen LogP contribution in [0.4, 0.5) is 9.18 Å². The van der Waals surface area contributed by atoms with Gasteiger partial charge in [-0.1, -0.05) is 6.07 Å². The van der Waals surface area contributed by atoms with E-state index in [4.69, 9.17) is 9.47 Å². The molecule has 11 heteroatoms. The lowest BCUT2D eigenvalue weighted by Gasteiger charge is -2.39. The van der Waals surface area contributed by atoms with E-state index in [1.54, 1.807) is 11.0 Å². The summed E-state index contributed by atoms with van der Waals surface area (Å²) in [6.07, 6.45) is 7.51. The van der Waals surface area contributed by atoms with Gasteiger partial charge in [0.1, 0.15) is 11.4 Å². The van der Waals surface area contributed by atoms with Crippen molar-refractivity contribution in [3.05, 3.63) is 47.5 Å². The summed E-state index contributed by atoms with van der Waals surface area (Å²) in [5, 5.41) is 2.82. The molecule has 1 saturated carbocycles. The van der Waals surface area contributed by atoms with Gasteiger partial charge in [-0.25, -0.2) is 19.2 Å². The smallest absolute Gasteiger partial charge is 0.410 e. The minimum Gasteiger partial charge on any atom is -0.444 e. The lowest BCUT2D eigenvalue weighted by atomic mass is 10.0. The Morgan fingerprint density at radius 3 is 2.32 bits per heavy atom. The molecule has 0 spiro atoms. The maximum absolute atomic E-state index is 14.9. The predicted molar refractivity (Wildman–Crippen MR) is 149 cm³/mol. The Bertz CT molecular complexity index is 1260. The van der Waals surface area contributed by atoms with Gasteiger partial charge in [0.25, 0.3) is 11.8 Å². The number of carbonyl (C=O) groups is 3. The summed E-state index contributed by atoms with van der Waals surface area (Å²) in [5.41, 5.74) is 0.168. The summed E-state index contributed by atoms with van der Waals surface area (Å²) in [7, 11) is 0. The van der Waals surface area contributed by atoms with Gasteiger partial charge in [-0.2, -0.15) is 0 Å². The van der Waals surface area contributed by atoms with E-state index in [0.717, 1.165) is 25.7 Å². The number of carbonyl (C=O) groups excluding carboxylic acids is 3. The molecule has 2 aliphatic heterocycles. The van der Waals surface area contributed by atoms with Crippen molar-refractivity contribution in [2.24, 2.45) is 0 Å². The van der Waals surface area contributed by atoms with Crippen LogP contribution in [-0.2, 0) is 9.47 Å². The largest absolute Gasteiger partial charge is 0.444 e. The average molecular weight is 568 g/mol. The van der Waals surface area contributed by atoms with Crippen LogP contribution < -0.4 is 5.32 Å². The average Bonchev–Trinajstić information content (AvgIpc) is 3.78. The Labute approximate surface area is 239 Å². The molecule has 10 nitrogen and oxygen atoms in total. The van der Waals surface area contributed by atoms with Crippen molar-refractivity contribution in [2.75, 3.05) is 26.3 Å². The first-order valence-electron chi connectivity index (χ1n) is 14.4. The van der Waals surface area contributed by atoms with E-state index in [9.17, 15) is 18.8 Å². The highest BCUT2D eigenvalue weighted by atomic mass is 19.1. The van der Waals surface area contributed by atoms with Gasteiger partial charge in [-0.3, -0.25) is 9.59 Å². The fraction of sp³-hybridized carbons (Fsp3) is 0.567. The van der Waals surface area contributed by atoms with E-state index < -0.39 is 17.3 Å². The Balaban J connectivity index is 1.22. The number of amides is 3. The van der Waals surface area contributed by atoms with Crippen LogP contribution in [0.3, 0.4) is 0 Å². The van der Waals surface area contributed by atoms with Gasteiger partial charge in [0.2, 0.25) is 0 Å². The number of benzene rings is 1. The molecule has 5 rings (SSSR count). The van der Waals surface area contributed by atoms with E-state index in [1.807, 2.05) is 25.7 Å². The highest BCUT2D eigenvalue weighted by molar-refractivity contribution is 5.95. The van der Waals surface area contributed by atoms with Crippen molar-refractivity contribution in [1.29, 1.82) is 0 Å². The Morgan fingerprint density at radius 2 is 1.73 bits per heavy atom. The quantitative estimate of drug-likeness (QED) is 0.557. The predicted octanol–water partition coefficient (Wildman–Crippen LogP) is 4.20. The number of piperidine rings is 1. The maximum Gasteiger partial charge on any atom is 0.410 e. The maximum atomic E-state index is 14.9. The fourth-order valence-electron chi connectivity index (χ4n) is 5.33. The molecule has 1 aromatic carbocycles. The van der Waals surface area contributed by atoms with Crippen molar-refractivity contribution in [3.63, 3.8) is 0 Å². The van der Waals surface area contributed by atoms with Gasteiger partial charge in [0, 0.05) is 49.7 Å². The first-order valence-corrected chi connectivity index (χ1v) is 14.4. The van der Waals surface area contributed by atoms with Crippen LogP contribution in [0.2, 0.25) is 0 Å². The van der Waals surface area contributed by atoms with Crippen LogP contribution in [0, 0.1) is 5.82 Å². The molecule has 3 aliphatic rings. The molecule has 41 heavy (non-hydrogen) atoms. The zero-order valence-electron chi connectivity index (χ0n) is 23.9. The third kappa shape index (κ3) is 7.19. The summed E-state index contributed by atoms with van der Waals surface area (Å²) in [5.74, 6) is -1.03. The molecule has 3 fully saturated rings. The molecular formula is C30H38FN5O5. The van der Waals surface area contributed by atoms with E-state index in [-0.39, 0.29) is 41.5 Å². The highest BCUT2D eigenvalue weighted by Gasteiger charge is 2.40. The Kier molecular flexibility index (Phi) is 8.53. The standard InChI is InChI=1S/C30H38FN5O5/c1-30(2,3)41-29(39)35-12-10-23(11-13-35)36(22-7-8-22)28(38)20-16-32-26(33-17-20)19-6-9-24(25(31)15-19)27(37)34-21-5-4-14-40-18-21/h6,9,15-17,21-23H,4-5,7-8,10-14,18H2,1-3H3,(H,34,37). The topological polar surface area (TPSA) is 114 Å². The third-order valence-corrected chi connectivity index (χ3v) is 7.55. The Morgan fingerprint density at radius 1 is 1.05 bits per heavy atom. The molecule has 220 valence electrons. The summed E-state index contributed by atoms with van der Waals surface area (Å²) in [4.78, 5) is 50.9. The summed E-state index contributed by atoms with van der Waals surface area (Å²) in [6, 6.07) is 4.31. The number of hydrogen-bond acceptors (Lipinski definition) is 7. The lowest BCUT2D eigenvalue weighted by Crippen LogP contribution is -2.50. The second-order valence-electron chi connectivity index (χ2n) is 12.0. The van der Waals surface area contributed by atoms with Crippen molar-refractivity contribution in [1.82, 2.24) is 25.1 Å². The lowest BCUT2D eigenvalue weighted by molar-refractivity contribution is 0.0142. The number of ether oxygens (including phenoxy) is 2. The molecule has 1 atom stereocenters. The van der Waals surface area contributed by atoms with E-state index in [2.05, 4.69) is 15.3 Å². The summed E-state index contributed by atoms with van der Waals surface area (Å²) < 4.78 is 25.7. The minimum absolute atomic E-state index is 0.0151. The van der Waals surface area contributed by atoms with Gasteiger partial charge in [-0.15, -0.1) is 0 Å². The molecule has 0 bridgehead atoms. The zero-order chi connectivity index (χ0) is 29.1. The molecule has 2 aromatic rings. The first-order chi connectivity index (χ1) is 19.6. The molecular weight excluding hydrogens is 529 g/mol. The minimum atomic E-state index is -0.668. The number of aromatic nitrogens is 2. The number of likely N-dealkylation sites (tertiary alicyclic amines) is 1. The molecule has 1 N–H and O–H groups in total. The SMILES string of the molecule is CC(C)(C)OC(=O)N1CCC(N(C(=O)c2cnc(-c3ccc(C(=O)NC4CCCOC4)c(F)c3)nc2)C2CC2)CC1. The molecule has 1 unspecified atom stereocenters. The first kappa shape index (κ1) is 28.9. The summed E-state index contributed by atoms with van der Waals surface area (Å²) in [6.45, 7) is 7.69. The molecule has 1 aromatic heterocycles. The fourth-order valence-corrected chi connectivity index (χ4v) is 5.33. The third-order valence-electron chi connectivity index (χ3n) is 7.55. The molecule has 1 aliphatic carbocycles. The number of halogens is 1. The van der Waals surface area contributed by atoms with Crippen molar-refractivity contribution < 1.29 is 28.2 Å². The van der Waals surface area contributed by atoms with Gasteiger partial charge in [-0.05, 0) is 71.4 Å². The molecule has 3 amide bonds. The molecule has 0 radical (unpaired) electrons. The van der Waals surface area contributed by atoms with Crippen molar-refractivity contribution in [3.8, 4) is 11.4 Å². The van der Waals surface area contributed by atoms with Gasteiger partial charge < -0.3 is 24.6 Å².